The second-order valence-corrected chi connectivity index (χ2v) is 11.4. The largest absolute Gasteiger partial charge is 0.393 e. The predicted octanol–water partition coefficient (Wildman–Crippen LogP) is 5.70. The van der Waals surface area contributed by atoms with Crippen LogP contribution in [0.3, 0.4) is 0 Å². The molecule has 5 aliphatic rings. The fourth-order valence-electron chi connectivity index (χ4n) is 7.80. The van der Waals surface area contributed by atoms with Gasteiger partial charge in [-0.25, -0.2) is 8.78 Å². The molecule has 5 unspecified atom stereocenters. The molecule has 6 rings (SSSR count). The number of aliphatic hydroxyl groups excluding tert-OH is 1. The van der Waals surface area contributed by atoms with Gasteiger partial charge in [-0.2, -0.15) is 0 Å². The molecule has 1 aliphatic heterocycles. The molecule has 0 amide bonds. The lowest BCUT2D eigenvalue weighted by atomic mass is 9.53. The molecule has 4 nitrogen and oxygen atoms in total. The first kappa shape index (κ1) is 26.1. The smallest absolute Gasteiger partial charge is 0.156 e. The van der Waals surface area contributed by atoms with Gasteiger partial charge in [0.1, 0.15) is 11.6 Å². The molecule has 1 aromatic carbocycles. The number of rotatable bonds is 2. The lowest BCUT2D eigenvalue weighted by molar-refractivity contribution is -0.114. The molecular weight excluding hydrogens is 472 g/mol. The molecule has 6 heteroatoms. The van der Waals surface area contributed by atoms with Crippen molar-refractivity contribution in [3.05, 3.63) is 52.1 Å². The van der Waals surface area contributed by atoms with Crippen LogP contribution in [0.1, 0.15) is 70.3 Å². The van der Waals surface area contributed by atoms with Crippen LogP contribution in [-0.4, -0.2) is 43.3 Å². The molecule has 0 aromatic heterocycles. The molecule has 1 heterocycles. The highest BCUT2D eigenvalue weighted by molar-refractivity contribution is 5.93. The first-order valence-corrected chi connectivity index (χ1v) is 13.6. The summed E-state index contributed by atoms with van der Waals surface area (Å²) in [4.78, 5) is 14.1. The van der Waals surface area contributed by atoms with Gasteiger partial charge in [-0.3, -0.25) is 4.79 Å². The van der Waals surface area contributed by atoms with Crippen molar-refractivity contribution in [2.45, 2.75) is 70.8 Å². The van der Waals surface area contributed by atoms with E-state index >= 15 is 8.78 Å². The highest BCUT2D eigenvalue weighted by Crippen LogP contribution is 2.64. The first-order valence-electron chi connectivity index (χ1n) is 13.6. The van der Waals surface area contributed by atoms with E-state index in [1.54, 1.807) is 13.0 Å². The molecular formula is C31H37F2NO3. The van der Waals surface area contributed by atoms with Gasteiger partial charge in [0.15, 0.2) is 5.78 Å². The normalized spacial score (nSPS) is 32.9. The topological polar surface area (TPSA) is 49.8 Å². The van der Waals surface area contributed by atoms with Gasteiger partial charge >= 0.3 is 0 Å². The summed E-state index contributed by atoms with van der Waals surface area (Å²) in [5, 5.41) is 11.0. The number of carbonyl (C=O) groups excluding carboxylic acids is 1. The fraction of sp³-hybridized carbons (Fsp3) is 0.581. The Hall–Kier alpha value is -2.49. The van der Waals surface area contributed by atoms with Crippen LogP contribution in [0.4, 0.5) is 14.5 Å². The molecule has 0 bridgehead atoms. The number of halogens is 2. The fourth-order valence-corrected chi connectivity index (χ4v) is 7.80. The van der Waals surface area contributed by atoms with Crippen molar-refractivity contribution in [1.29, 1.82) is 0 Å². The van der Waals surface area contributed by atoms with Gasteiger partial charge in [-0.1, -0.05) is 12.5 Å². The predicted molar refractivity (Wildman–Crippen MR) is 140 cm³/mol. The van der Waals surface area contributed by atoms with Crippen molar-refractivity contribution >= 4 is 11.5 Å². The zero-order valence-corrected chi connectivity index (χ0v) is 21.9. The molecule has 37 heavy (non-hydrogen) atoms. The Kier molecular flexibility index (Phi) is 7.31. The van der Waals surface area contributed by atoms with E-state index in [0.717, 1.165) is 36.8 Å². The number of benzene rings is 1. The Morgan fingerprint density at radius 2 is 1.78 bits per heavy atom. The number of nitrogens with zero attached hydrogens (tertiary/aromatic N) is 1. The van der Waals surface area contributed by atoms with Gasteiger partial charge in [0.05, 0.1) is 19.3 Å². The van der Waals surface area contributed by atoms with Crippen LogP contribution >= 0.6 is 0 Å². The third kappa shape index (κ3) is 4.55. The quantitative estimate of drug-likeness (QED) is 0.520. The van der Waals surface area contributed by atoms with Gasteiger partial charge in [-0.05, 0) is 92.1 Å². The Morgan fingerprint density at radius 3 is 2.46 bits per heavy atom. The van der Waals surface area contributed by atoms with Crippen LogP contribution < -0.4 is 4.90 Å². The monoisotopic (exact) mass is 509 g/mol. The van der Waals surface area contributed by atoms with Crippen LogP contribution in [0.2, 0.25) is 0 Å². The SMILES string of the molecule is C#CC.CC12CC(c3c(F)cc(N4CCOCC4)cc3F)C3=C4CCC(=O)C=C4CCC3C1CCC2O. The summed E-state index contributed by atoms with van der Waals surface area (Å²) in [6.45, 7) is 6.12. The van der Waals surface area contributed by atoms with E-state index in [4.69, 9.17) is 4.74 Å². The van der Waals surface area contributed by atoms with E-state index in [2.05, 4.69) is 19.3 Å². The lowest BCUT2D eigenvalue weighted by Crippen LogP contribution is -2.45. The molecule has 0 radical (unpaired) electrons. The summed E-state index contributed by atoms with van der Waals surface area (Å²) < 4.78 is 37.0. The third-order valence-corrected chi connectivity index (χ3v) is 9.47. The first-order chi connectivity index (χ1) is 17.8. The Labute approximate surface area is 218 Å². The minimum atomic E-state index is -0.504. The number of terminal acetylenes is 1. The average Bonchev–Trinajstić information content (AvgIpc) is 3.18. The van der Waals surface area contributed by atoms with Crippen molar-refractivity contribution in [2.75, 3.05) is 31.2 Å². The minimum absolute atomic E-state index is 0.140. The molecule has 0 spiro atoms. The number of aliphatic hydroxyl groups is 1. The van der Waals surface area contributed by atoms with E-state index in [1.165, 1.54) is 17.7 Å². The molecule has 5 atom stereocenters. The van der Waals surface area contributed by atoms with Crippen LogP contribution in [-0.2, 0) is 9.53 Å². The Balaban J connectivity index is 0.000000892. The molecule has 1 N–H and O–H groups in total. The Morgan fingerprint density at radius 1 is 1.11 bits per heavy atom. The highest BCUT2D eigenvalue weighted by atomic mass is 19.1. The average molecular weight is 510 g/mol. The number of hydrogen-bond acceptors (Lipinski definition) is 4. The minimum Gasteiger partial charge on any atom is -0.393 e. The standard InChI is InChI=1S/C28H33F2NO3.C3H4/c1-28-15-21(27-23(29)13-17(14-24(27)30)31-8-10-34-11-9-31)26-19-5-3-18(32)12-16(19)2-4-20(26)22(28)6-7-25(28)33;1-3-2/h12-14,20-22,25,33H,2-11,15H2,1H3;1H,2H3. The van der Waals surface area contributed by atoms with Crippen molar-refractivity contribution < 1.29 is 23.4 Å². The van der Waals surface area contributed by atoms with Crippen molar-refractivity contribution in [3.63, 3.8) is 0 Å². The van der Waals surface area contributed by atoms with Gasteiger partial charge in [-0.15, -0.1) is 12.3 Å². The van der Waals surface area contributed by atoms with E-state index in [-0.39, 0.29) is 22.7 Å². The molecule has 198 valence electrons. The van der Waals surface area contributed by atoms with E-state index in [9.17, 15) is 9.90 Å². The number of hydrogen-bond donors (Lipinski definition) is 1. The number of ketones is 1. The van der Waals surface area contributed by atoms with Crippen molar-refractivity contribution in [3.8, 4) is 12.3 Å². The summed E-state index contributed by atoms with van der Waals surface area (Å²) in [6, 6.07) is 2.96. The number of fused-ring (bicyclic) bond motifs is 4. The number of anilines is 1. The summed E-state index contributed by atoms with van der Waals surface area (Å²) in [6.07, 6.45) is 11.0. The number of morpholine rings is 1. The molecule has 1 aromatic rings. The maximum Gasteiger partial charge on any atom is 0.156 e. The number of allylic oxidation sites excluding steroid dienone is 4. The second-order valence-electron chi connectivity index (χ2n) is 11.4. The van der Waals surface area contributed by atoms with Gasteiger partial charge in [0.2, 0.25) is 0 Å². The number of carbonyl (C=O) groups is 1. The number of ether oxygens (including phenoxy) is 1. The zero-order chi connectivity index (χ0) is 26.3. The van der Waals surface area contributed by atoms with E-state index in [1.807, 2.05) is 4.90 Å². The second kappa shape index (κ2) is 10.3. The lowest BCUT2D eigenvalue weighted by Gasteiger charge is -2.52. The zero-order valence-electron chi connectivity index (χ0n) is 21.9. The van der Waals surface area contributed by atoms with Crippen LogP contribution in [0.25, 0.3) is 0 Å². The summed E-state index contributed by atoms with van der Waals surface area (Å²) >= 11 is 0. The Bertz CT molecular complexity index is 1150. The van der Waals surface area contributed by atoms with Crippen molar-refractivity contribution in [2.24, 2.45) is 17.3 Å². The maximum atomic E-state index is 15.8. The van der Waals surface area contributed by atoms with Crippen LogP contribution in [0.15, 0.2) is 34.9 Å². The molecule has 2 saturated carbocycles. The van der Waals surface area contributed by atoms with E-state index < -0.39 is 23.7 Å². The highest BCUT2D eigenvalue weighted by Gasteiger charge is 2.57. The summed E-state index contributed by atoms with van der Waals surface area (Å²) in [7, 11) is 0. The molecule has 4 aliphatic carbocycles. The van der Waals surface area contributed by atoms with Crippen LogP contribution in [0.5, 0.6) is 0 Å². The molecule has 1 saturated heterocycles. The van der Waals surface area contributed by atoms with Crippen LogP contribution in [0, 0.1) is 41.2 Å². The third-order valence-electron chi connectivity index (χ3n) is 9.47. The van der Waals surface area contributed by atoms with Gasteiger partial charge < -0.3 is 14.7 Å². The van der Waals surface area contributed by atoms with E-state index in [0.29, 0.717) is 57.2 Å². The van der Waals surface area contributed by atoms with Gasteiger partial charge in [0, 0.05) is 36.7 Å². The molecule has 3 fully saturated rings. The summed E-state index contributed by atoms with van der Waals surface area (Å²) in [5.74, 6) is 1.51. The maximum absolute atomic E-state index is 15.8. The van der Waals surface area contributed by atoms with Crippen molar-refractivity contribution in [1.82, 2.24) is 0 Å². The van der Waals surface area contributed by atoms with Gasteiger partial charge in [0.25, 0.3) is 0 Å². The summed E-state index contributed by atoms with van der Waals surface area (Å²) in [5.41, 5.74) is 3.73.